The van der Waals surface area contributed by atoms with Gasteiger partial charge in [-0.05, 0) is 25.5 Å². The number of carbonyl (C=O) groups is 1. The number of rotatable bonds is 12. The highest BCUT2D eigenvalue weighted by Gasteiger charge is 2.10. The number of aliphatic hydroxyl groups excluding tert-OH is 1. The van der Waals surface area contributed by atoms with Crippen LogP contribution in [0.2, 0.25) is 0 Å². The second kappa shape index (κ2) is 13.2. The van der Waals surface area contributed by atoms with Crippen LogP contribution in [-0.4, -0.2) is 48.3 Å². The third-order valence-electron chi connectivity index (χ3n) is 2.62. The zero-order valence-electron chi connectivity index (χ0n) is 11.7. The molecule has 3 N–H and O–H groups in total. The van der Waals surface area contributed by atoms with Gasteiger partial charge in [-0.1, -0.05) is 19.8 Å². The summed E-state index contributed by atoms with van der Waals surface area (Å²) >= 11 is 1.80. The van der Waals surface area contributed by atoms with Gasteiger partial charge in [-0.15, -0.1) is 0 Å². The molecule has 0 heterocycles. The predicted octanol–water partition coefficient (Wildman–Crippen LogP) is 1.39. The van der Waals surface area contributed by atoms with Gasteiger partial charge in [0.1, 0.15) is 0 Å². The van der Waals surface area contributed by atoms with Crippen molar-refractivity contribution in [3.05, 3.63) is 0 Å². The number of amides is 1. The SMILES string of the molecule is CCCCCNC(=O)C(C)NCCSCCCO. The van der Waals surface area contributed by atoms with E-state index >= 15 is 0 Å². The van der Waals surface area contributed by atoms with E-state index in [2.05, 4.69) is 17.6 Å². The van der Waals surface area contributed by atoms with Crippen molar-refractivity contribution >= 4 is 17.7 Å². The van der Waals surface area contributed by atoms with E-state index in [1.165, 1.54) is 12.8 Å². The van der Waals surface area contributed by atoms with Crippen molar-refractivity contribution < 1.29 is 9.90 Å². The van der Waals surface area contributed by atoms with Gasteiger partial charge in [0.2, 0.25) is 5.91 Å². The van der Waals surface area contributed by atoms with Gasteiger partial charge in [0.25, 0.3) is 0 Å². The first-order chi connectivity index (χ1) is 8.72. The Morgan fingerprint density at radius 1 is 1.22 bits per heavy atom. The van der Waals surface area contributed by atoms with Crippen molar-refractivity contribution in [2.24, 2.45) is 0 Å². The lowest BCUT2D eigenvalue weighted by Gasteiger charge is -2.13. The molecule has 0 aromatic carbocycles. The monoisotopic (exact) mass is 276 g/mol. The van der Waals surface area contributed by atoms with E-state index in [-0.39, 0.29) is 18.6 Å². The standard InChI is InChI=1S/C13H28N2O2S/c1-3-4-5-7-15-13(17)12(2)14-8-11-18-10-6-9-16/h12,14,16H,3-11H2,1-2H3,(H,15,17). The highest BCUT2D eigenvalue weighted by molar-refractivity contribution is 7.99. The smallest absolute Gasteiger partial charge is 0.236 e. The van der Waals surface area contributed by atoms with E-state index in [4.69, 9.17) is 5.11 Å². The number of hydrogen-bond donors (Lipinski definition) is 3. The van der Waals surface area contributed by atoms with Crippen LogP contribution < -0.4 is 10.6 Å². The molecule has 0 aromatic heterocycles. The third kappa shape index (κ3) is 10.9. The van der Waals surface area contributed by atoms with Gasteiger partial charge in [0, 0.05) is 25.4 Å². The largest absolute Gasteiger partial charge is 0.396 e. The fourth-order valence-electron chi connectivity index (χ4n) is 1.45. The summed E-state index contributed by atoms with van der Waals surface area (Å²) in [6.07, 6.45) is 4.25. The van der Waals surface area contributed by atoms with Crippen LogP contribution in [0, 0.1) is 0 Å². The first kappa shape index (κ1) is 17.7. The van der Waals surface area contributed by atoms with Gasteiger partial charge < -0.3 is 15.7 Å². The van der Waals surface area contributed by atoms with Crippen molar-refractivity contribution in [1.29, 1.82) is 0 Å². The molecule has 18 heavy (non-hydrogen) atoms. The molecular formula is C13H28N2O2S. The van der Waals surface area contributed by atoms with E-state index < -0.39 is 0 Å². The first-order valence-corrected chi connectivity index (χ1v) is 8.07. The first-order valence-electron chi connectivity index (χ1n) is 6.92. The van der Waals surface area contributed by atoms with Crippen LogP contribution in [0.3, 0.4) is 0 Å². The highest BCUT2D eigenvalue weighted by atomic mass is 32.2. The van der Waals surface area contributed by atoms with Crippen LogP contribution in [0.1, 0.15) is 39.5 Å². The van der Waals surface area contributed by atoms with E-state index in [1.54, 1.807) is 11.8 Å². The van der Waals surface area contributed by atoms with Crippen LogP contribution in [0.4, 0.5) is 0 Å². The molecule has 0 fully saturated rings. The van der Waals surface area contributed by atoms with E-state index in [9.17, 15) is 4.79 Å². The second-order valence-corrected chi connectivity index (χ2v) is 5.59. The molecular weight excluding hydrogens is 248 g/mol. The minimum atomic E-state index is -0.120. The van der Waals surface area contributed by atoms with Gasteiger partial charge in [-0.25, -0.2) is 0 Å². The Morgan fingerprint density at radius 3 is 2.67 bits per heavy atom. The van der Waals surface area contributed by atoms with Gasteiger partial charge in [0.05, 0.1) is 6.04 Å². The normalized spacial score (nSPS) is 12.4. The molecule has 0 bridgehead atoms. The summed E-state index contributed by atoms with van der Waals surface area (Å²) in [4.78, 5) is 11.7. The van der Waals surface area contributed by atoms with Gasteiger partial charge in [-0.2, -0.15) is 11.8 Å². The maximum Gasteiger partial charge on any atom is 0.236 e. The number of carbonyl (C=O) groups excluding carboxylic acids is 1. The Kier molecular flexibility index (Phi) is 13.0. The van der Waals surface area contributed by atoms with Gasteiger partial charge in [-0.3, -0.25) is 4.79 Å². The molecule has 0 aliphatic carbocycles. The van der Waals surface area contributed by atoms with E-state index in [0.717, 1.165) is 37.4 Å². The molecule has 1 unspecified atom stereocenters. The molecule has 5 heteroatoms. The van der Waals surface area contributed by atoms with E-state index in [0.29, 0.717) is 0 Å². The van der Waals surface area contributed by atoms with Crippen molar-refractivity contribution in [3.8, 4) is 0 Å². The van der Waals surface area contributed by atoms with Gasteiger partial charge in [0.15, 0.2) is 0 Å². The summed E-state index contributed by atoms with van der Waals surface area (Å²) in [7, 11) is 0. The summed E-state index contributed by atoms with van der Waals surface area (Å²) in [6.45, 7) is 5.93. The highest BCUT2D eigenvalue weighted by Crippen LogP contribution is 2.00. The zero-order valence-corrected chi connectivity index (χ0v) is 12.5. The maximum absolute atomic E-state index is 11.7. The fourth-order valence-corrected chi connectivity index (χ4v) is 2.25. The molecule has 0 saturated carbocycles. The van der Waals surface area contributed by atoms with Crippen molar-refractivity contribution in [2.45, 2.75) is 45.6 Å². The van der Waals surface area contributed by atoms with E-state index in [1.807, 2.05) is 6.92 Å². The molecule has 0 aliphatic heterocycles. The number of aliphatic hydroxyl groups is 1. The lowest BCUT2D eigenvalue weighted by atomic mass is 10.2. The van der Waals surface area contributed by atoms with Crippen LogP contribution in [0.15, 0.2) is 0 Å². The molecule has 1 amide bonds. The molecule has 0 radical (unpaired) electrons. The van der Waals surface area contributed by atoms with Crippen LogP contribution in [-0.2, 0) is 4.79 Å². The third-order valence-corrected chi connectivity index (χ3v) is 3.69. The molecule has 0 aliphatic rings. The predicted molar refractivity (Wildman–Crippen MR) is 79.0 cm³/mol. The number of unbranched alkanes of at least 4 members (excludes halogenated alkanes) is 2. The summed E-state index contributed by atoms with van der Waals surface area (Å²) in [6, 6.07) is -0.120. The Hall–Kier alpha value is -0.260. The second-order valence-electron chi connectivity index (χ2n) is 4.36. The van der Waals surface area contributed by atoms with Crippen LogP contribution >= 0.6 is 11.8 Å². The molecule has 0 spiro atoms. The molecule has 1 atom stereocenters. The van der Waals surface area contributed by atoms with Gasteiger partial charge >= 0.3 is 0 Å². The Bertz CT molecular complexity index is 203. The summed E-state index contributed by atoms with van der Waals surface area (Å²) < 4.78 is 0. The average molecular weight is 276 g/mol. The fraction of sp³-hybridized carbons (Fsp3) is 0.923. The lowest BCUT2D eigenvalue weighted by molar-refractivity contribution is -0.122. The molecule has 0 rings (SSSR count). The topological polar surface area (TPSA) is 61.4 Å². The summed E-state index contributed by atoms with van der Waals surface area (Å²) in [5, 5.41) is 14.8. The lowest BCUT2D eigenvalue weighted by Crippen LogP contribution is -2.43. The van der Waals surface area contributed by atoms with Crippen LogP contribution in [0.25, 0.3) is 0 Å². The number of nitrogens with one attached hydrogen (secondary N) is 2. The average Bonchev–Trinajstić information content (AvgIpc) is 2.38. The maximum atomic E-state index is 11.7. The Balaban J connectivity index is 3.38. The van der Waals surface area contributed by atoms with Crippen LogP contribution in [0.5, 0.6) is 0 Å². The Labute approximate surface area is 115 Å². The van der Waals surface area contributed by atoms with Crippen molar-refractivity contribution in [2.75, 3.05) is 31.2 Å². The minimum absolute atomic E-state index is 0.0893. The Morgan fingerprint density at radius 2 is 2.00 bits per heavy atom. The quantitative estimate of drug-likeness (QED) is 0.471. The van der Waals surface area contributed by atoms with Crippen molar-refractivity contribution in [3.63, 3.8) is 0 Å². The number of thioether (sulfide) groups is 1. The molecule has 0 saturated heterocycles. The number of hydrogen-bond acceptors (Lipinski definition) is 4. The van der Waals surface area contributed by atoms with Crippen molar-refractivity contribution in [1.82, 2.24) is 10.6 Å². The zero-order chi connectivity index (χ0) is 13.6. The molecule has 4 nitrogen and oxygen atoms in total. The molecule has 108 valence electrons. The summed E-state index contributed by atoms with van der Waals surface area (Å²) in [5.41, 5.74) is 0. The summed E-state index contributed by atoms with van der Waals surface area (Å²) in [5.74, 6) is 2.05. The molecule has 0 aromatic rings. The minimum Gasteiger partial charge on any atom is -0.396 e.